The lowest BCUT2D eigenvalue weighted by Gasteiger charge is -2.15. The molecule has 6 N–H and O–H groups in total. The second-order valence-corrected chi connectivity index (χ2v) is 12.1. The van der Waals surface area contributed by atoms with E-state index in [4.69, 9.17) is 24.4 Å². The van der Waals surface area contributed by atoms with Gasteiger partial charge in [-0.15, -0.1) is 0 Å². The number of nitrogens with zero attached hydrogens (tertiary/aromatic N) is 2. The number of hydrogen-bond acceptors (Lipinski definition) is 12. The van der Waals surface area contributed by atoms with Crippen LogP contribution in [0.25, 0.3) is 0 Å². The predicted molar refractivity (Wildman–Crippen MR) is 167 cm³/mol. The highest BCUT2D eigenvalue weighted by Crippen LogP contribution is 2.42. The van der Waals surface area contributed by atoms with Gasteiger partial charge < -0.3 is 10.2 Å². The zero-order valence-electron chi connectivity index (χ0n) is 22.3. The summed E-state index contributed by atoms with van der Waals surface area (Å²) in [7, 11) is 0. The number of carbonyl (C=O) groups excluding carboxylic acids is 6. The van der Waals surface area contributed by atoms with Crippen molar-refractivity contribution < 1.29 is 39.0 Å². The van der Waals surface area contributed by atoms with Crippen LogP contribution in [-0.2, 0) is 19.2 Å². The normalized spacial score (nSPS) is 16.3. The smallest absolute Gasteiger partial charge is 0.273 e. The number of carbonyl (C=O) groups is 6. The van der Waals surface area contributed by atoms with Gasteiger partial charge in [0.25, 0.3) is 23.6 Å². The molecule has 0 radical (unpaired) electrons. The first kappa shape index (κ1) is 32.4. The summed E-state index contributed by atoms with van der Waals surface area (Å²) in [6.07, 6.45) is -0.478. The van der Waals surface area contributed by atoms with Gasteiger partial charge in [-0.05, 0) is 24.3 Å². The van der Waals surface area contributed by atoms with Crippen LogP contribution in [0, 0.1) is 0 Å². The molecule has 0 unspecified atom stereocenters. The van der Waals surface area contributed by atoms with Crippen molar-refractivity contribution in [2.45, 2.75) is 12.8 Å². The molecule has 4 rings (SSSR count). The average Bonchev–Trinajstić information content (AvgIpc) is 3.44. The predicted octanol–water partition coefficient (Wildman–Crippen LogP) is 1.03. The van der Waals surface area contributed by atoms with E-state index in [2.05, 4.69) is 21.7 Å². The molecule has 2 aromatic rings. The molecule has 0 bridgehead atoms. The third kappa shape index (κ3) is 7.51. The van der Waals surface area contributed by atoms with Crippen LogP contribution in [0.3, 0.4) is 0 Å². The van der Waals surface area contributed by atoms with E-state index >= 15 is 0 Å². The van der Waals surface area contributed by atoms with Crippen LogP contribution in [0.15, 0.2) is 58.3 Å². The molecular weight excluding hydrogens is 653 g/mol. The highest BCUT2D eigenvalue weighted by Gasteiger charge is 2.42. The van der Waals surface area contributed by atoms with Crippen molar-refractivity contribution in [2.75, 3.05) is 13.1 Å². The molecule has 0 aliphatic carbocycles. The summed E-state index contributed by atoms with van der Waals surface area (Å²) in [5.74, 6) is -4.47. The SMILES string of the molecule is O=C(CCN1C(=O)/C(=C2\SC(=S)N(CCC(=O)NNC(=O)c3ccccc3O)C2=O)SC1=S)NNC(=O)c1ccccc1O. The minimum atomic E-state index is -0.737. The van der Waals surface area contributed by atoms with Crippen LogP contribution in [0.5, 0.6) is 11.5 Å². The van der Waals surface area contributed by atoms with Crippen molar-refractivity contribution in [3.8, 4) is 11.5 Å². The summed E-state index contributed by atoms with van der Waals surface area (Å²) < 4.78 is 0.224. The number of aromatic hydroxyl groups is 2. The Morgan fingerprint density at radius 2 is 1.00 bits per heavy atom. The van der Waals surface area contributed by atoms with Crippen LogP contribution in [0.4, 0.5) is 0 Å². The van der Waals surface area contributed by atoms with Crippen LogP contribution < -0.4 is 21.7 Å². The first-order chi connectivity index (χ1) is 21.0. The Bertz CT molecular complexity index is 1510. The van der Waals surface area contributed by atoms with Crippen LogP contribution >= 0.6 is 48.0 Å². The van der Waals surface area contributed by atoms with Gasteiger partial charge in [0.1, 0.15) is 20.1 Å². The largest absolute Gasteiger partial charge is 0.507 e. The molecule has 6 amide bonds. The van der Waals surface area contributed by atoms with E-state index in [9.17, 15) is 39.0 Å². The van der Waals surface area contributed by atoms with Crippen molar-refractivity contribution in [3.63, 3.8) is 0 Å². The Balaban J connectivity index is 1.27. The van der Waals surface area contributed by atoms with E-state index in [0.29, 0.717) is 0 Å². The molecule has 2 saturated heterocycles. The number of benzene rings is 2. The lowest BCUT2D eigenvalue weighted by Crippen LogP contribution is -2.43. The van der Waals surface area contributed by atoms with Gasteiger partial charge in [-0.25, -0.2) is 0 Å². The lowest BCUT2D eigenvalue weighted by molar-refractivity contribution is -0.126. The quantitative estimate of drug-likeness (QED) is 0.132. The summed E-state index contributed by atoms with van der Waals surface area (Å²) >= 11 is 12.3. The molecule has 14 nitrogen and oxygen atoms in total. The van der Waals surface area contributed by atoms with Crippen LogP contribution in [0.2, 0.25) is 0 Å². The molecule has 18 heteroatoms. The first-order valence-corrected chi connectivity index (χ1v) is 15.0. The Hall–Kier alpha value is -4.52. The minimum Gasteiger partial charge on any atom is -0.507 e. The maximum atomic E-state index is 13.1. The fourth-order valence-electron chi connectivity index (χ4n) is 3.73. The number of nitrogens with one attached hydrogen (secondary N) is 4. The second-order valence-electron chi connectivity index (χ2n) is 8.85. The molecule has 2 aliphatic rings. The zero-order chi connectivity index (χ0) is 32.0. The van der Waals surface area contributed by atoms with Gasteiger partial charge in [-0.2, -0.15) is 0 Å². The first-order valence-electron chi connectivity index (χ1n) is 12.5. The molecule has 2 fully saturated rings. The standard InChI is InChI=1S/C26H22N6O8S4/c33-15-7-3-1-5-13(15)21(37)29-27-17(35)9-11-31-23(39)19(43-25(31)41)20-24(40)32(26(42)44-20)12-10-18(36)28-30-22(38)14-6-2-4-8-16(14)34/h1-8,33-34H,9-12H2,(H,27,35)(H,28,36)(H,29,37)(H,30,38)/b20-19+. The summed E-state index contributed by atoms with van der Waals surface area (Å²) in [5.41, 5.74) is 8.65. The molecule has 0 spiro atoms. The molecule has 44 heavy (non-hydrogen) atoms. The van der Waals surface area contributed by atoms with Gasteiger partial charge in [0.2, 0.25) is 11.8 Å². The van der Waals surface area contributed by atoms with Gasteiger partial charge in [-0.3, -0.25) is 60.3 Å². The maximum absolute atomic E-state index is 13.1. The summed E-state index contributed by atoms with van der Waals surface area (Å²) in [6.45, 7) is -0.279. The van der Waals surface area contributed by atoms with E-state index in [1.54, 1.807) is 12.1 Å². The number of phenolic OH excluding ortho intramolecular Hbond substituents is 2. The van der Waals surface area contributed by atoms with Crippen molar-refractivity contribution in [2.24, 2.45) is 0 Å². The topological polar surface area (TPSA) is 197 Å². The Morgan fingerprint density at radius 3 is 1.36 bits per heavy atom. The van der Waals surface area contributed by atoms with E-state index < -0.39 is 35.4 Å². The Kier molecular flexibility index (Phi) is 10.5. The third-order valence-electron chi connectivity index (χ3n) is 5.96. The van der Waals surface area contributed by atoms with E-state index in [1.807, 2.05) is 0 Å². The fraction of sp³-hybridized carbons (Fsp3) is 0.154. The molecule has 0 atom stereocenters. The number of hydrogen-bond donors (Lipinski definition) is 6. The van der Waals surface area contributed by atoms with Crippen molar-refractivity contribution in [1.29, 1.82) is 0 Å². The number of rotatable bonds is 8. The summed E-state index contributed by atoms with van der Waals surface area (Å²) in [6, 6.07) is 11.5. The van der Waals surface area contributed by atoms with Crippen LogP contribution in [-0.4, -0.2) is 77.2 Å². The Labute approximate surface area is 268 Å². The molecule has 0 aromatic heterocycles. The number of phenols is 2. The molecule has 2 aromatic carbocycles. The number of amides is 6. The fourth-order valence-corrected chi connectivity index (χ4v) is 6.50. The molecule has 2 heterocycles. The highest BCUT2D eigenvalue weighted by atomic mass is 32.2. The van der Waals surface area contributed by atoms with E-state index in [0.717, 1.165) is 33.3 Å². The summed E-state index contributed by atoms with van der Waals surface area (Å²) in [5, 5.41) is 19.5. The number of para-hydroxylation sites is 2. The number of thiocarbonyl (C=S) groups is 2. The van der Waals surface area contributed by atoms with E-state index in [1.165, 1.54) is 36.4 Å². The summed E-state index contributed by atoms with van der Waals surface area (Å²) in [4.78, 5) is 77.4. The van der Waals surface area contributed by atoms with Crippen LogP contribution in [0.1, 0.15) is 33.6 Å². The van der Waals surface area contributed by atoms with Gasteiger partial charge in [0, 0.05) is 25.9 Å². The van der Waals surface area contributed by atoms with Gasteiger partial charge in [-0.1, -0.05) is 72.2 Å². The molecule has 2 aliphatic heterocycles. The second kappa shape index (κ2) is 14.3. The molecular formula is C26H22N6O8S4. The number of hydrazine groups is 2. The highest BCUT2D eigenvalue weighted by molar-refractivity contribution is 8.29. The third-order valence-corrected chi connectivity index (χ3v) is 8.98. The molecule has 228 valence electrons. The lowest BCUT2D eigenvalue weighted by atomic mass is 10.2. The zero-order valence-corrected chi connectivity index (χ0v) is 25.6. The number of thioether (sulfide) groups is 2. The van der Waals surface area contributed by atoms with Gasteiger partial charge in [0.15, 0.2) is 0 Å². The maximum Gasteiger partial charge on any atom is 0.273 e. The van der Waals surface area contributed by atoms with Gasteiger partial charge in [0.05, 0.1) is 20.9 Å². The van der Waals surface area contributed by atoms with Gasteiger partial charge >= 0.3 is 0 Å². The van der Waals surface area contributed by atoms with Crippen molar-refractivity contribution in [3.05, 3.63) is 69.5 Å². The average molecular weight is 675 g/mol. The van der Waals surface area contributed by atoms with Crippen molar-refractivity contribution >= 4 is 92.0 Å². The molecule has 0 saturated carbocycles. The minimum absolute atomic E-state index is 0.0301. The Morgan fingerprint density at radius 1 is 0.636 bits per heavy atom. The van der Waals surface area contributed by atoms with Crippen molar-refractivity contribution in [1.82, 2.24) is 31.5 Å². The van der Waals surface area contributed by atoms with E-state index in [-0.39, 0.29) is 67.0 Å². The monoisotopic (exact) mass is 674 g/mol.